The number of carbonyl (C=O) groups excluding carboxylic acids is 1. The number of nitrogens with zero attached hydrogens (tertiary/aromatic N) is 2. The summed E-state index contributed by atoms with van der Waals surface area (Å²) < 4.78 is 5.07. The number of anilines is 1. The number of hydrogen-bond acceptors (Lipinski definition) is 4. The molecule has 5 heteroatoms. The molecule has 3 rings (SSSR count). The number of carbonyl (C=O) groups is 1. The highest BCUT2D eigenvalue weighted by Crippen LogP contribution is 2.40. The third kappa shape index (κ3) is 3.82. The van der Waals surface area contributed by atoms with Crippen molar-refractivity contribution in [1.29, 1.82) is 0 Å². The maximum atomic E-state index is 11.9. The second-order valence-corrected chi connectivity index (χ2v) is 7.54. The second-order valence-electron chi connectivity index (χ2n) is 7.54. The fourth-order valence-electron chi connectivity index (χ4n) is 3.64. The second kappa shape index (κ2) is 7.43. The summed E-state index contributed by atoms with van der Waals surface area (Å²) in [5.41, 5.74) is 8.34. The van der Waals surface area contributed by atoms with Gasteiger partial charge in [0.2, 0.25) is 0 Å². The molecule has 2 aromatic rings. The molecule has 5 nitrogen and oxygen atoms in total. The summed E-state index contributed by atoms with van der Waals surface area (Å²) >= 11 is 0. The van der Waals surface area contributed by atoms with Crippen LogP contribution in [0.1, 0.15) is 61.4 Å². The van der Waals surface area contributed by atoms with Crippen LogP contribution >= 0.6 is 0 Å². The van der Waals surface area contributed by atoms with Crippen molar-refractivity contribution in [1.82, 2.24) is 5.43 Å². The first-order chi connectivity index (χ1) is 12.8. The highest BCUT2D eigenvalue weighted by atomic mass is 16.3. The number of aryl methyl sites for hydroxylation is 1. The van der Waals surface area contributed by atoms with E-state index in [0.717, 1.165) is 24.1 Å². The van der Waals surface area contributed by atoms with Crippen molar-refractivity contribution < 1.29 is 9.21 Å². The van der Waals surface area contributed by atoms with Crippen molar-refractivity contribution in [2.45, 2.75) is 46.6 Å². The van der Waals surface area contributed by atoms with Crippen molar-refractivity contribution in [2.24, 2.45) is 5.10 Å². The van der Waals surface area contributed by atoms with Crippen LogP contribution in [0.3, 0.4) is 0 Å². The minimum Gasteiger partial charge on any atom is -0.459 e. The van der Waals surface area contributed by atoms with Gasteiger partial charge in [-0.2, -0.15) is 5.10 Å². The van der Waals surface area contributed by atoms with Gasteiger partial charge in [-0.1, -0.05) is 13.0 Å². The number of amides is 1. The zero-order valence-corrected chi connectivity index (χ0v) is 16.7. The largest absolute Gasteiger partial charge is 0.459 e. The lowest BCUT2D eigenvalue weighted by Gasteiger charge is -2.43. The molecule has 1 aliphatic rings. The molecule has 0 spiro atoms. The Balaban J connectivity index is 1.88. The molecule has 0 unspecified atom stereocenters. The van der Waals surface area contributed by atoms with Crippen molar-refractivity contribution >= 4 is 23.4 Å². The number of furan rings is 1. The smallest absolute Gasteiger partial charge is 0.307 e. The number of benzene rings is 1. The predicted octanol–water partition coefficient (Wildman–Crippen LogP) is 4.76. The minimum absolute atomic E-state index is 0.00778. The van der Waals surface area contributed by atoms with E-state index < -0.39 is 0 Å². The Morgan fingerprint density at radius 1 is 1.33 bits per heavy atom. The zero-order valence-electron chi connectivity index (χ0n) is 16.7. The quantitative estimate of drug-likeness (QED) is 0.614. The Bertz CT molecular complexity index is 893. The molecule has 2 heterocycles. The summed E-state index contributed by atoms with van der Waals surface area (Å²) in [5, 5.41) is 4.10. The Kier molecular flexibility index (Phi) is 5.22. The number of hydrazone groups is 1. The highest BCUT2D eigenvalue weighted by molar-refractivity contribution is 5.93. The Labute approximate surface area is 160 Å². The predicted molar refractivity (Wildman–Crippen MR) is 110 cm³/mol. The number of hydrogen-bond donors (Lipinski definition) is 1. The third-order valence-corrected chi connectivity index (χ3v) is 4.93. The molecule has 1 aromatic carbocycles. The van der Waals surface area contributed by atoms with Crippen LogP contribution < -0.4 is 10.3 Å². The molecule has 0 saturated heterocycles. The van der Waals surface area contributed by atoms with Gasteiger partial charge in [-0.3, -0.25) is 4.79 Å². The van der Waals surface area contributed by atoms with Crippen LogP contribution in [0.4, 0.5) is 5.69 Å². The normalized spacial score (nSPS) is 15.6. The average Bonchev–Trinajstić information content (AvgIpc) is 3.14. The summed E-state index contributed by atoms with van der Waals surface area (Å²) in [7, 11) is 0. The summed E-state index contributed by atoms with van der Waals surface area (Å²) in [6, 6.07) is 7.65. The first kappa shape index (κ1) is 19.0. The van der Waals surface area contributed by atoms with Crippen molar-refractivity contribution in [2.75, 3.05) is 11.4 Å². The van der Waals surface area contributed by atoms with E-state index in [0.29, 0.717) is 0 Å². The summed E-state index contributed by atoms with van der Waals surface area (Å²) in [6.45, 7) is 11.9. The fraction of sp³-hybridized carbons (Fsp3) is 0.364. The van der Waals surface area contributed by atoms with Gasteiger partial charge >= 0.3 is 5.91 Å². The van der Waals surface area contributed by atoms with E-state index in [1.807, 2.05) is 0 Å². The van der Waals surface area contributed by atoms with E-state index in [4.69, 9.17) is 4.42 Å². The average molecular weight is 365 g/mol. The van der Waals surface area contributed by atoms with E-state index >= 15 is 0 Å². The number of nitrogens with one attached hydrogen (secondary N) is 1. The molecular formula is C22H27N3O2. The standard InChI is InChI=1S/C22H27N3O2/c1-6-9-25-19-11-15(2)17(12-18(19)16(3)13-22(25,4)5)14-23-24-21(26)20-8-7-10-27-20/h7-8,10-14H,6,9H2,1-5H3,(H,24,26)/b23-14+. The van der Waals surface area contributed by atoms with Gasteiger partial charge < -0.3 is 9.32 Å². The third-order valence-electron chi connectivity index (χ3n) is 4.93. The Hall–Kier alpha value is -2.82. The molecular weight excluding hydrogens is 338 g/mol. The molecule has 1 N–H and O–H groups in total. The van der Waals surface area contributed by atoms with Gasteiger partial charge in [-0.25, -0.2) is 5.43 Å². The lowest BCUT2D eigenvalue weighted by Crippen LogP contribution is -2.45. The van der Waals surface area contributed by atoms with Gasteiger partial charge in [0.25, 0.3) is 0 Å². The van der Waals surface area contributed by atoms with Crippen molar-refractivity contribution in [3.05, 3.63) is 59.1 Å². The Morgan fingerprint density at radius 2 is 2.11 bits per heavy atom. The summed E-state index contributed by atoms with van der Waals surface area (Å²) in [4.78, 5) is 14.4. The van der Waals surface area contributed by atoms with Crippen LogP contribution in [-0.2, 0) is 0 Å². The van der Waals surface area contributed by atoms with Crippen molar-refractivity contribution in [3.8, 4) is 0 Å². The van der Waals surface area contributed by atoms with Crippen LogP contribution in [0.15, 0.2) is 46.1 Å². The number of fused-ring (bicyclic) bond motifs is 1. The van der Waals surface area contributed by atoms with E-state index in [1.165, 1.54) is 23.1 Å². The van der Waals surface area contributed by atoms with E-state index in [9.17, 15) is 4.79 Å². The monoisotopic (exact) mass is 365 g/mol. The molecule has 0 bridgehead atoms. The number of rotatable bonds is 5. The first-order valence-corrected chi connectivity index (χ1v) is 9.32. The highest BCUT2D eigenvalue weighted by Gasteiger charge is 2.31. The molecule has 0 atom stereocenters. The minimum atomic E-state index is -0.362. The first-order valence-electron chi connectivity index (χ1n) is 9.32. The van der Waals surface area contributed by atoms with Gasteiger partial charge in [0, 0.05) is 17.8 Å². The molecule has 0 fully saturated rings. The van der Waals surface area contributed by atoms with E-state index in [2.05, 4.69) is 68.3 Å². The van der Waals surface area contributed by atoms with Crippen LogP contribution in [0, 0.1) is 6.92 Å². The van der Waals surface area contributed by atoms with Crippen LogP contribution in [0.2, 0.25) is 0 Å². The van der Waals surface area contributed by atoms with E-state index in [1.54, 1.807) is 18.3 Å². The van der Waals surface area contributed by atoms with Gasteiger partial charge in [0.15, 0.2) is 5.76 Å². The van der Waals surface area contributed by atoms with E-state index in [-0.39, 0.29) is 17.2 Å². The molecule has 1 aliphatic heterocycles. The summed E-state index contributed by atoms with van der Waals surface area (Å²) in [5.74, 6) is -0.121. The van der Waals surface area contributed by atoms with Crippen LogP contribution in [0.5, 0.6) is 0 Å². The maximum absolute atomic E-state index is 11.9. The lowest BCUT2D eigenvalue weighted by molar-refractivity contribution is 0.0927. The van der Waals surface area contributed by atoms with Gasteiger partial charge in [0.05, 0.1) is 18.0 Å². The SMILES string of the molecule is CCCN1c2cc(C)c(/C=N/NC(=O)c3ccco3)cc2C(C)=CC1(C)C. The van der Waals surface area contributed by atoms with Crippen LogP contribution in [0.25, 0.3) is 5.57 Å². The van der Waals surface area contributed by atoms with Gasteiger partial charge in [0.1, 0.15) is 0 Å². The molecule has 0 radical (unpaired) electrons. The van der Waals surface area contributed by atoms with Gasteiger partial charge in [-0.05, 0) is 75.1 Å². The molecule has 27 heavy (non-hydrogen) atoms. The van der Waals surface area contributed by atoms with Crippen LogP contribution in [-0.4, -0.2) is 24.2 Å². The molecule has 1 aromatic heterocycles. The Morgan fingerprint density at radius 3 is 2.78 bits per heavy atom. The maximum Gasteiger partial charge on any atom is 0.307 e. The zero-order chi connectivity index (χ0) is 19.6. The van der Waals surface area contributed by atoms with Crippen molar-refractivity contribution in [3.63, 3.8) is 0 Å². The molecule has 0 aliphatic carbocycles. The fourth-order valence-corrected chi connectivity index (χ4v) is 3.64. The molecule has 142 valence electrons. The topological polar surface area (TPSA) is 57.8 Å². The molecule has 0 saturated carbocycles. The lowest BCUT2D eigenvalue weighted by atomic mass is 9.87. The van der Waals surface area contributed by atoms with Gasteiger partial charge in [-0.15, -0.1) is 0 Å². The summed E-state index contributed by atoms with van der Waals surface area (Å²) in [6.07, 6.45) is 6.56. The number of allylic oxidation sites excluding steroid dienone is 1. The molecule has 1 amide bonds.